The molecule has 2 atom stereocenters. The fourth-order valence-corrected chi connectivity index (χ4v) is 3.81. The maximum Gasteiger partial charge on any atom is 0.273 e. The van der Waals surface area contributed by atoms with Crippen LogP contribution in [0.25, 0.3) is 0 Å². The molecule has 2 N–H and O–H groups in total. The zero-order valence-corrected chi connectivity index (χ0v) is 12.3. The highest BCUT2D eigenvalue weighted by Gasteiger charge is 2.29. The van der Waals surface area contributed by atoms with Crippen molar-refractivity contribution in [1.82, 2.24) is 15.5 Å². The number of carbonyl (C=O) groups is 1. The Bertz CT molecular complexity index is 596. The standard InChI is InChI=1S/C11H16ClN3O3S/c1-6-3-4-8(5-6)13-11(16)9-10(19(12,17)18)7(2)14-15-9/h6,8H,3-5H2,1-2H3,(H,13,16)(H,14,15). The molecular weight excluding hydrogens is 290 g/mol. The molecule has 0 aromatic carbocycles. The van der Waals surface area contributed by atoms with Crippen molar-refractivity contribution < 1.29 is 13.2 Å². The van der Waals surface area contributed by atoms with Gasteiger partial charge in [0.05, 0.1) is 5.69 Å². The molecule has 19 heavy (non-hydrogen) atoms. The number of amides is 1. The van der Waals surface area contributed by atoms with Gasteiger partial charge in [-0.15, -0.1) is 0 Å². The molecule has 1 amide bonds. The molecule has 106 valence electrons. The number of nitrogens with one attached hydrogen (secondary N) is 2. The highest BCUT2D eigenvalue weighted by atomic mass is 35.7. The van der Waals surface area contributed by atoms with Gasteiger partial charge in [-0.25, -0.2) is 8.42 Å². The highest BCUT2D eigenvalue weighted by Crippen LogP contribution is 2.26. The van der Waals surface area contributed by atoms with E-state index in [-0.39, 0.29) is 22.3 Å². The number of hydrogen-bond donors (Lipinski definition) is 2. The highest BCUT2D eigenvalue weighted by molar-refractivity contribution is 8.13. The van der Waals surface area contributed by atoms with Gasteiger partial charge in [0.15, 0.2) is 5.69 Å². The first kappa shape index (κ1) is 14.3. The molecule has 1 saturated carbocycles. The third-order valence-electron chi connectivity index (χ3n) is 3.38. The molecule has 1 aromatic heterocycles. The van der Waals surface area contributed by atoms with E-state index in [1.54, 1.807) is 0 Å². The van der Waals surface area contributed by atoms with E-state index in [0.29, 0.717) is 5.92 Å². The fourth-order valence-electron chi connectivity index (χ4n) is 2.46. The van der Waals surface area contributed by atoms with Crippen LogP contribution in [0.2, 0.25) is 0 Å². The second-order valence-electron chi connectivity index (χ2n) is 5.05. The van der Waals surface area contributed by atoms with Gasteiger partial charge in [-0.2, -0.15) is 5.10 Å². The Morgan fingerprint density at radius 3 is 2.68 bits per heavy atom. The number of carbonyl (C=O) groups excluding carboxylic acids is 1. The van der Waals surface area contributed by atoms with Crippen molar-refractivity contribution in [2.75, 3.05) is 0 Å². The van der Waals surface area contributed by atoms with Gasteiger partial charge in [-0.05, 0) is 32.1 Å². The van der Waals surface area contributed by atoms with E-state index < -0.39 is 15.0 Å². The van der Waals surface area contributed by atoms with Gasteiger partial charge in [0.1, 0.15) is 4.90 Å². The van der Waals surface area contributed by atoms with Crippen LogP contribution in [0.4, 0.5) is 0 Å². The molecule has 8 heteroatoms. The summed E-state index contributed by atoms with van der Waals surface area (Å²) in [6.45, 7) is 3.64. The average molecular weight is 306 g/mol. The maximum absolute atomic E-state index is 12.1. The lowest BCUT2D eigenvalue weighted by Crippen LogP contribution is -2.33. The lowest BCUT2D eigenvalue weighted by atomic mass is 10.1. The zero-order chi connectivity index (χ0) is 14.2. The van der Waals surface area contributed by atoms with Crippen molar-refractivity contribution in [2.45, 2.75) is 44.0 Å². The van der Waals surface area contributed by atoms with Crippen LogP contribution < -0.4 is 5.32 Å². The SMILES string of the molecule is Cc1[nH]nc(C(=O)NC2CCC(C)C2)c1S(=O)(=O)Cl. The van der Waals surface area contributed by atoms with Gasteiger partial charge in [0.2, 0.25) is 0 Å². The van der Waals surface area contributed by atoms with Crippen LogP contribution in [-0.4, -0.2) is 30.6 Å². The third kappa shape index (κ3) is 3.09. The Hall–Kier alpha value is -1.08. The number of aromatic nitrogens is 2. The number of H-pyrrole nitrogens is 1. The predicted molar refractivity (Wildman–Crippen MR) is 70.6 cm³/mol. The first-order valence-electron chi connectivity index (χ1n) is 6.09. The average Bonchev–Trinajstić information content (AvgIpc) is 2.84. The van der Waals surface area contributed by atoms with Gasteiger partial charge >= 0.3 is 0 Å². The molecule has 2 unspecified atom stereocenters. The molecule has 0 aliphatic heterocycles. The van der Waals surface area contributed by atoms with E-state index in [1.165, 1.54) is 6.92 Å². The van der Waals surface area contributed by atoms with Crippen molar-refractivity contribution in [2.24, 2.45) is 5.92 Å². The molecule has 6 nitrogen and oxygen atoms in total. The Labute approximate surface area is 116 Å². The minimum Gasteiger partial charge on any atom is -0.348 e. The molecule has 1 fully saturated rings. The Kier molecular flexibility index (Phi) is 3.87. The summed E-state index contributed by atoms with van der Waals surface area (Å²) in [5.41, 5.74) is 0.104. The summed E-state index contributed by atoms with van der Waals surface area (Å²) in [5, 5.41) is 9.03. The number of aromatic amines is 1. The van der Waals surface area contributed by atoms with Gasteiger partial charge in [-0.1, -0.05) is 6.92 Å². The van der Waals surface area contributed by atoms with Crippen LogP contribution in [0.3, 0.4) is 0 Å². The van der Waals surface area contributed by atoms with E-state index >= 15 is 0 Å². The number of nitrogens with zero attached hydrogens (tertiary/aromatic N) is 1. The predicted octanol–water partition coefficient (Wildman–Crippen LogP) is 1.56. The Morgan fingerprint density at radius 2 is 2.16 bits per heavy atom. The quantitative estimate of drug-likeness (QED) is 0.829. The minimum atomic E-state index is -3.99. The fraction of sp³-hybridized carbons (Fsp3) is 0.636. The summed E-state index contributed by atoms with van der Waals surface area (Å²) >= 11 is 0. The molecule has 1 aliphatic carbocycles. The normalized spacial score (nSPS) is 23.5. The molecule has 1 aliphatic rings. The Balaban J connectivity index is 2.21. The van der Waals surface area contributed by atoms with Gasteiger partial charge in [-0.3, -0.25) is 9.89 Å². The zero-order valence-electron chi connectivity index (χ0n) is 10.7. The third-order valence-corrected chi connectivity index (χ3v) is 4.83. The van der Waals surface area contributed by atoms with Gasteiger partial charge in [0.25, 0.3) is 15.0 Å². The van der Waals surface area contributed by atoms with Crippen LogP contribution >= 0.6 is 10.7 Å². The van der Waals surface area contributed by atoms with E-state index in [0.717, 1.165) is 19.3 Å². The topological polar surface area (TPSA) is 91.9 Å². The molecule has 0 bridgehead atoms. The van der Waals surface area contributed by atoms with Crippen molar-refractivity contribution in [1.29, 1.82) is 0 Å². The summed E-state index contributed by atoms with van der Waals surface area (Å²) in [5.74, 6) is 0.0742. The number of rotatable bonds is 3. The number of aryl methyl sites for hydroxylation is 1. The molecular formula is C11H16ClN3O3S. The lowest BCUT2D eigenvalue weighted by molar-refractivity contribution is 0.0929. The first-order valence-corrected chi connectivity index (χ1v) is 8.40. The van der Waals surface area contributed by atoms with Crippen LogP contribution in [-0.2, 0) is 9.05 Å². The molecule has 2 rings (SSSR count). The minimum absolute atomic E-state index is 0.0744. The van der Waals surface area contributed by atoms with E-state index in [9.17, 15) is 13.2 Å². The van der Waals surface area contributed by atoms with Crippen molar-refractivity contribution in [3.63, 3.8) is 0 Å². The van der Waals surface area contributed by atoms with Gasteiger partial charge in [0, 0.05) is 16.7 Å². The van der Waals surface area contributed by atoms with Crippen molar-refractivity contribution in [3.05, 3.63) is 11.4 Å². The monoisotopic (exact) mass is 305 g/mol. The van der Waals surface area contributed by atoms with Crippen LogP contribution in [0.15, 0.2) is 4.90 Å². The lowest BCUT2D eigenvalue weighted by Gasteiger charge is -2.11. The smallest absolute Gasteiger partial charge is 0.273 e. The van der Waals surface area contributed by atoms with Crippen molar-refractivity contribution in [3.8, 4) is 0 Å². The number of hydrogen-bond acceptors (Lipinski definition) is 4. The van der Waals surface area contributed by atoms with Gasteiger partial charge < -0.3 is 5.32 Å². The van der Waals surface area contributed by atoms with E-state index in [1.807, 2.05) is 0 Å². The second kappa shape index (κ2) is 5.13. The summed E-state index contributed by atoms with van der Waals surface area (Å²) in [6.07, 6.45) is 2.86. The largest absolute Gasteiger partial charge is 0.348 e. The molecule has 0 spiro atoms. The van der Waals surface area contributed by atoms with E-state index in [4.69, 9.17) is 10.7 Å². The van der Waals surface area contributed by atoms with Crippen LogP contribution in [0, 0.1) is 12.8 Å². The molecule has 1 heterocycles. The summed E-state index contributed by atoms with van der Waals surface area (Å²) in [4.78, 5) is 11.8. The number of halogens is 1. The Morgan fingerprint density at radius 1 is 1.47 bits per heavy atom. The maximum atomic E-state index is 12.1. The van der Waals surface area contributed by atoms with Crippen LogP contribution in [0.1, 0.15) is 42.4 Å². The van der Waals surface area contributed by atoms with E-state index in [2.05, 4.69) is 22.4 Å². The molecule has 1 aromatic rings. The second-order valence-corrected chi connectivity index (χ2v) is 7.56. The molecule has 0 radical (unpaired) electrons. The summed E-state index contributed by atoms with van der Waals surface area (Å²) < 4.78 is 22.9. The van der Waals surface area contributed by atoms with Crippen molar-refractivity contribution >= 4 is 25.6 Å². The van der Waals surface area contributed by atoms with Crippen LogP contribution in [0.5, 0.6) is 0 Å². The summed E-state index contributed by atoms with van der Waals surface area (Å²) in [6, 6.07) is 0.0744. The first-order chi connectivity index (χ1) is 8.79. The molecule has 0 saturated heterocycles. The summed E-state index contributed by atoms with van der Waals surface area (Å²) in [7, 11) is 1.33.